The molecule has 2 aromatic carbocycles. The van der Waals surface area contributed by atoms with Gasteiger partial charge in [0, 0.05) is 5.56 Å². The summed E-state index contributed by atoms with van der Waals surface area (Å²) in [5, 5.41) is 4.39. The monoisotopic (exact) mass is 420 g/mol. The summed E-state index contributed by atoms with van der Waals surface area (Å²) in [6, 6.07) is 15.0. The molecule has 1 aliphatic carbocycles. The quantitative estimate of drug-likeness (QED) is 0.355. The molecule has 1 aliphatic rings. The molecule has 5 heteroatoms. The van der Waals surface area contributed by atoms with Crippen molar-refractivity contribution < 1.29 is 14.3 Å². The average Bonchev–Trinajstić information content (AvgIpc) is 3.25. The third-order valence-electron chi connectivity index (χ3n) is 5.24. The molecule has 0 aliphatic heterocycles. The van der Waals surface area contributed by atoms with Crippen LogP contribution in [0.5, 0.6) is 11.5 Å². The van der Waals surface area contributed by atoms with E-state index in [1.807, 2.05) is 43.3 Å². The lowest BCUT2D eigenvalue weighted by atomic mass is 10.1. The molecular weight excluding hydrogens is 388 g/mol. The Morgan fingerprint density at radius 1 is 0.968 bits per heavy atom. The number of benzene rings is 2. The second-order valence-electron chi connectivity index (χ2n) is 7.61. The van der Waals surface area contributed by atoms with E-state index in [4.69, 9.17) is 9.47 Å². The highest BCUT2D eigenvalue weighted by Gasteiger charge is 2.14. The van der Waals surface area contributed by atoms with E-state index in [2.05, 4.69) is 23.5 Å². The summed E-state index contributed by atoms with van der Waals surface area (Å²) < 4.78 is 11.2. The SMILES string of the molecule is CCCCCC1=CCCC1=NNC(=O)c1ccc(COc2ccc(OCC)cc2)cc1. The summed E-state index contributed by atoms with van der Waals surface area (Å²) in [4.78, 5) is 12.5. The maximum Gasteiger partial charge on any atom is 0.271 e. The second-order valence-corrected chi connectivity index (χ2v) is 7.61. The fourth-order valence-corrected chi connectivity index (χ4v) is 3.50. The third kappa shape index (κ3) is 6.99. The largest absolute Gasteiger partial charge is 0.494 e. The van der Waals surface area contributed by atoms with Crippen LogP contribution < -0.4 is 14.9 Å². The molecule has 1 N–H and O–H groups in total. The molecule has 5 nitrogen and oxygen atoms in total. The molecule has 2 aromatic rings. The van der Waals surface area contributed by atoms with Gasteiger partial charge in [0.05, 0.1) is 12.3 Å². The van der Waals surface area contributed by atoms with E-state index in [1.54, 1.807) is 12.1 Å². The van der Waals surface area contributed by atoms with Gasteiger partial charge < -0.3 is 9.47 Å². The minimum atomic E-state index is -0.189. The molecule has 0 bridgehead atoms. The van der Waals surface area contributed by atoms with Gasteiger partial charge in [0.25, 0.3) is 5.91 Å². The molecular formula is C26H32N2O3. The van der Waals surface area contributed by atoms with E-state index in [0.717, 1.165) is 42.0 Å². The van der Waals surface area contributed by atoms with Gasteiger partial charge in [-0.3, -0.25) is 4.79 Å². The summed E-state index contributed by atoms with van der Waals surface area (Å²) in [5.74, 6) is 1.42. The Morgan fingerprint density at radius 2 is 1.68 bits per heavy atom. The van der Waals surface area contributed by atoms with Crippen molar-refractivity contribution in [2.24, 2.45) is 5.10 Å². The lowest BCUT2D eigenvalue weighted by molar-refractivity contribution is 0.0954. The first-order chi connectivity index (χ1) is 15.2. The summed E-state index contributed by atoms with van der Waals surface area (Å²) in [7, 11) is 0. The number of carbonyl (C=O) groups is 1. The Morgan fingerprint density at radius 3 is 2.35 bits per heavy atom. The van der Waals surface area contributed by atoms with Crippen LogP contribution >= 0.6 is 0 Å². The van der Waals surface area contributed by atoms with E-state index in [-0.39, 0.29) is 5.91 Å². The number of ether oxygens (including phenoxy) is 2. The second kappa shape index (κ2) is 11.9. The van der Waals surface area contributed by atoms with Crippen molar-refractivity contribution in [1.82, 2.24) is 5.43 Å². The number of carbonyl (C=O) groups excluding carboxylic acids is 1. The van der Waals surface area contributed by atoms with Gasteiger partial charge in [-0.05, 0) is 80.1 Å². The highest BCUT2D eigenvalue weighted by Crippen LogP contribution is 2.21. The molecule has 164 valence electrons. The van der Waals surface area contributed by atoms with Crippen LogP contribution in [-0.4, -0.2) is 18.2 Å². The van der Waals surface area contributed by atoms with Crippen molar-refractivity contribution in [2.45, 2.75) is 59.0 Å². The first-order valence-corrected chi connectivity index (χ1v) is 11.2. The summed E-state index contributed by atoms with van der Waals surface area (Å²) in [6.45, 7) is 5.24. The Bertz CT molecular complexity index is 899. The number of nitrogens with one attached hydrogen (secondary N) is 1. The Kier molecular flexibility index (Phi) is 8.71. The fraction of sp³-hybridized carbons (Fsp3) is 0.385. The third-order valence-corrected chi connectivity index (χ3v) is 5.24. The lowest BCUT2D eigenvalue weighted by Crippen LogP contribution is -2.19. The van der Waals surface area contributed by atoms with Gasteiger partial charge in [0.1, 0.15) is 18.1 Å². The highest BCUT2D eigenvalue weighted by molar-refractivity contribution is 6.03. The lowest BCUT2D eigenvalue weighted by Gasteiger charge is -2.09. The first-order valence-electron chi connectivity index (χ1n) is 11.2. The van der Waals surface area contributed by atoms with Gasteiger partial charge in [0.2, 0.25) is 0 Å². The number of hydrazone groups is 1. The van der Waals surface area contributed by atoms with Gasteiger partial charge in [-0.15, -0.1) is 0 Å². The number of hydrogen-bond acceptors (Lipinski definition) is 4. The van der Waals surface area contributed by atoms with Crippen molar-refractivity contribution in [1.29, 1.82) is 0 Å². The zero-order valence-electron chi connectivity index (χ0n) is 18.5. The minimum Gasteiger partial charge on any atom is -0.494 e. The molecule has 1 amide bonds. The van der Waals surface area contributed by atoms with Crippen LogP contribution in [0, 0.1) is 0 Å². The number of amides is 1. The smallest absolute Gasteiger partial charge is 0.271 e. The molecule has 0 heterocycles. The summed E-state index contributed by atoms with van der Waals surface area (Å²) >= 11 is 0. The molecule has 3 rings (SSSR count). The normalized spacial score (nSPS) is 14.4. The van der Waals surface area contributed by atoms with Crippen molar-refractivity contribution in [3.63, 3.8) is 0 Å². The van der Waals surface area contributed by atoms with Crippen LogP contribution in [0.3, 0.4) is 0 Å². The van der Waals surface area contributed by atoms with Gasteiger partial charge in [0.15, 0.2) is 0 Å². The predicted octanol–water partition coefficient (Wildman–Crippen LogP) is 6.05. The average molecular weight is 421 g/mol. The van der Waals surface area contributed by atoms with Gasteiger partial charge in [-0.25, -0.2) is 5.43 Å². The van der Waals surface area contributed by atoms with Crippen LogP contribution in [-0.2, 0) is 6.61 Å². The van der Waals surface area contributed by atoms with Gasteiger partial charge in [-0.1, -0.05) is 38.0 Å². The molecule has 0 saturated heterocycles. The van der Waals surface area contributed by atoms with Crippen LogP contribution in [0.25, 0.3) is 0 Å². The molecule has 0 atom stereocenters. The van der Waals surface area contributed by atoms with Gasteiger partial charge >= 0.3 is 0 Å². The van der Waals surface area contributed by atoms with E-state index >= 15 is 0 Å². The predicted molar refractivity (Wildman–Crippen MR) is 125 cm³/mol. The van der Waals surface area contributed by atoms with Crippen LogP contribution in [0.15, 0.2) is 65.3 Å². The fourth-order valence-electron chi connectivity index (χ4n) is 3.50. The van der Waals surface area contributed by atoms with Crippen molar-refractivity contribution in [3.05, 3.63) is 71.3 Å². The molecule has 0 radical (unpaired) electrons. The van der Waals surface area contributed by atoms with E-state index < -0.39 is 0 Å². The maximum atomic E-state index is 12.5. The summed E-state index contributed by atoms with van der Waals surface area (Å²) in [5.41, 5.74) is 6.61. The maximum absolute atomic E-state index is 12.5. The Balaban J connectivity index is 1.49. The first kappa shape index (κ1) is 22.6. The summed E-state index contributed by atoms with van der Waals surface area (Å²) in [6.07, 6.45) is 8.83. The van der Waals surface area contributed by atoms with Crippen LogP contribution in [0.2, 0.25) is 0 Å². The number of unbranched alkanes of at least 4 members (excludes halogenated alkanes) is 2. The number of hydrogen-bond donors (Lipinski definition) is 1. The molecule has 31 heavy (non-hydrogen) atoms. The van der Waals surface area contributed by atoms with Crippen molar-refractivity contribution in [2.75, 3.05) is 6.61 Å². The topological polar surface area (TPSA) is 59.9 Å². The van der Waals surface area contributed by atoms with Crippen LogP contribution in [0.4, 0.5) is 0 Å². The van der Waals surface area contributed by atoms with Gasteiger partial charge in [-0.2, -0.15) is 5.10 Å². The van der Waals surface area contributed by atoms with E-state index in [0.29, 0.717) is 18.8 Å². The highest BCUT2D eigenvalue weighted by atomic mass is 16.5. The standard InChI is InChI=1S/C26H32N2O3/c1-3-5-6-8-21-9-7-10-25(21)27-28-26(29)22-13-11-20(12-14-22)19-31-24-17-15-23(16-18-24)30-4-2/h9,11-18H,3-8,10,19H2,1-2H3,(H,28,29). The molecule has 0 aromatic heterocycles. The number of nitrogens with zero attached hydrogens (tertiary/aromatic N) is 1. The zero-order valence-corrected chi connectivity index (χ0v) is 18.5. The number of rotatable bonds is 11. The Labute approximate surface area is 185 Å². The van der Waals surface area contributed by atoms with E-state index in [1.165, 1.54) is 24.8 Å². The van der Waals surface area contributed by atoms with Crippen LogP contribution in [0.1, 0.15) is 68.3 Å². The molecule has 0 spiro atoms. The Hall–Kier alpha value is -3.08. The molecule has 0 unspecified atom stereocenters. The molecule has 0 saturated carbocycles. The van der Waals surface area contributed by atoms with Crippen molar-refractivity contribution >= 4 is 11.6 Å². The number of allylic oxidation sites excluding steroid dienone is 2. The van der Waals surface area contributed by atoms with Crippen molar-refractivity contribution in [3.8, 4) is 11.5 Å². The zero-order chi connectivity index (χ0) is 21.9. The van der Waals surface area contributed by atoms with E-state index in [9.17, 15) is 4.79 Å². The molecule has 0 fully saturated rings. The minimum absolute atomic E-state index is 0.189.